The SMILES string of the molecule is CCC(=O)Nc1ccc(N)cc1F. The van der Waals surface area contributed by atoms with Crippen LogP contribution in [0.15, 0.2) is 18.2 Å². The van der Waals surface area contributed by atoms with E-state index in [1.54, 1.807) is 6.92 Å². The van der Waals surface area contributed by atoms with Gasteiger partial charge in [-0.05, 0) is 18.2 Å². The summed E-state index contributed by atoms with van der Waals surface area (Å²) in [5.41, 5.74) is 5.85. The first-order valence-corrected chi connectivity index (χ1v) is 3.98. The topological polar surface area (TPSA) is 55.1 Å². The Labute approximate surface area is 75.7 Å². The van der Waals surface area contributed by atoms with E-state index in [4.69, 9.17) is 5.73 Å². The number of carbonyl (C=O) groups excluding carboxylic acids is 1. The van der Waals surface area contributed by atoms with Crippen LogP contribution in [0.1, 0.15) is 13.3 Å². The van der Waals surface area contributed by atoms with E-state index in [0.29, 0.717) is 12.1 Å². The average molecular weight is 182 g/mol. The molecule has 3 N–H and O–H groups in total. The fraction of sp³-hybridized carbons (Fsp3) is 0.222. The summed E-state index contributed by atoms with van der Waals surface area (Å²) in [6, 6.07) is 4.15. The van der Waals surface area contributed by atoms with Gasteiger partial charge in [0.05, 0.1) is 5.69 Å². The fourth-order valence-electron chi connectivity index (χ4n) is 0.871. The molecular formula is C9H11FN2O. The van der Waals surface area contributed by atoms with Crippen LogP contribution in [0.3, 0.4) is 0 Å². The van der Waals surface area contributed by atoms with Crippen molar-refractivity contribution in [2.45, 2.75) is 13.3 Å². The van der Waals surface area contributed by atoms with Crippen LogP contribution in [-0.2, 0) is 4.79 Å². The van der Waals surface area contributed by atoms with Gasteiger partial charge in [0.1, 0.15) is 5.82 Å². The van der Waals surface area contributed by atoms with E-state index < -0.39 is 5.82 Å². The molecule has 0 aliphatic rings. The van der Waals surface area contributed by atoms with Crippen molar-refractivity contribution in [3.05, 3.63) is 24.0 Å². The fourth-order valence-corrected chi connectivity index (χ4v) is 0.871. The van der Waals surface area contributed by atoms with Gasteiger partial charge in [-0.15, -0.1) is 0 Å². The van der Waals surface area contributed by atoms with Crippen LogP contribution in [0.4, 0.5) is 15.8 Å². The largest absolute Gasteiger partial charge is 0.399 e. The lowest BCUT2D eigenvalue weighted by Gasteiger charge is -2.04. The molecule has 0 aromatic heterocycles. The number of nitrogens with two attached hydrogens (primary N) is 1. The number of carbonyl (C=O) groups is 1. The Bertz CT molecular complexity index is 325. The monoisotopic (exact) mass is 182 g/mol. The van der Waals surface area contributed by atoms with Gasteiger partial charge in [-0.25, -0.2) is 4.39 Å². The van der Waals surface area contributed by atoms with Crippen molar-refractivity contribution in [1.29, 1.82) is 0 Å². The van der Waals surface area contributed by atoms with Gasteiger partial charge in [0.2, 0.25) is 5.91 Å². The minimum Gasteiger partial charge on any atom is -0.399 e. The first kappa shape index (κ1) is 9.51. The summed E-state index contributed by atoms with van der Waals surface area (Å²) in [5.74, 6) is -0.731. The molecule has 0 aliphatic carbocycles. The molecule has 0 heterocycles. The summed E-state index contributed by atoms with van der Waals surface area (Å²) in [4.78, 5) is 10.9. The highest BCUT2D eigenvalue weighted by molar-refractivity contribution is 5.90. The van der Waals surface area contributed by atoms with Crippen molar-refractivity contribution < 1.29 is 9.18 Å². The molecule has 1 aromatic carbocycles. The zero-order chi connectivity index (χ0) is 9.84. The molecule has 1 aromatic rings. The Morgan fingerprint density at radius 3 is 2.85 bits per heavy atom. The van der Waals surface area contributed by atoms with Crippen LogP contribution >= 0.6 is 0 Å². The predicted octanol–water partition coefficient (Wildman–Crippen LogP) is 1.76. The van der Waals surface area contributed by atoms with Gasteiger partial charge >= 0.3 is 0 Å². The number of amides is 1. The zero-order valence-corrected chi connectivity index (χ0v) is 7.30. The van der Waals surface area contributed by atoms with Crippen molar-refractivity contribution >= 4 is 17.3 Å². The minimum absolute atomic E-state index is 0.168. The number of hydrogen-bond acceptors (Lipinski definition) is 2. The third-order valence-corrected chi connectivity index (χ3v) is 1.59. The quantitative estimate of drug-likeness (QED) is 0.684. The molecule has 70 valence electrons. The number of hydrogen-bond donors (Lipinski definition) is 2. The van der Waals surface area contributed by atoms with E-state index in [9.17, 15) is 9.18 Å². The Kier molecular flexibility index (Phi) is 2.84. The Morgan fingerprint density at radius 2 is 2.31 bits per heavy atom. The smallest absolute Gasteiger partial charge is 0.224 e. The summed E-state index contributed by atoms with van der Waals surface area (Å²) >= 11 is 0. The van der Waals surface area contributed by atoms with E-state index in [2.05, 4.69) is 5.32 Å². The normalized spacial score (nSPS) is 9.69. The maximum absolute atomic E-state index is 13.1. The summed E-state index contributed by atoms with van der Waals surface area (Å²) in [7, 11) is 0. The molecule has 13 heavy (non-hydrogen) atoms. The Balaban J connectivity index is 2.83. The molecule has 0 spiro atoms. The number of nitrogens with one attached hydrogen (secondary N) is 1. The second kappa shape index (κ2) is 3.89. The maximum atomic E-state index is 13.1. The second-order valence-electron chi connectivity index (χ2n) is 2.64. The maximum Gasteiger partial charge on any atom is 0.224 e. The molecule has 0 aliphatic heterocycles. The molecule has 0 bridgehead atoms. The molecule has 3 nitrogen and oxygen atoms in total. The van der Waals surface area contributed by atoms with E-state index in [1.165, 1.54) is 18.2 Å². The minimum atomic E-state index is -0.512. The van der Waals surface area contributed by atoms with Crippen LogP contribution in [0.25, 0.3) is 0 Å². The van der Waals surface area contributed by atoms with Crippen LogP contribution < -0.4 is 11.1 Å². The highest BCUT2D eigenvalue weighted by Crippen LogP contribution is 2.16. The van der Waals surface area contributed by atoms with Crippen molar-refractivity contribution in [3.63, 3.8) is 0 Å². The predicted molar refractivity (Wildman–Crippen MR) is 49.7 cm³/mol. The third kappa shape index (κ3) is 2.43. The number of anilines is 2. The van der Waals surface area contributed by atoms with E-state index in [0.717, 1.165) is 0 Å². The van der Waals surface area contributed by atoms with Gasteiger partial charge in [-0.2, -0.15) is 0 Å². The average Bonchev–Trinajstić information content (AvgIpc) is 2.09. The summed E-state index contributed by atoms with van der Waals surface area (Å²) < 4.78 is 13.1. The molecule has 0 atom stereocenters. The molecule has 1 amide bonds. The molecule has 0 unspecified atom stereocenters. The van der Waals surface area contributed by atoms with E-state index in [1.807, 2.05) is 0 Å². The molecule has 4 heteroatoms. The standard InChI is InChI=1S/C9H11FN2O/c1-2-9(13)12-8-4-3-6(11)5-7(8)10/h3-5H,2,11H2,1H3,(H,12,13). The van der Waals surface area contributed by atoms with Gasteiger partial charge in [0.15, 0.2) is 0 Å². The van der Waals surface area contributed by atoms with Gasteiger partial charge in [0, 0.05) is 12.1 Å². The number of nitrogen functional groups attached to an aromatic ring is 1. The van der Waals surface area contributed by atoms with Gasteiger partial charge in [-0.1, -0.05) is 6.92 Å². The third-order valence-electron chi connectivity index (χ3n) is 1.59. The van der Waals surface area contributed by atoms with Crippen LogP contribution in [0, 0.1) is 5.82 Å². The highest BCUT2D eigenvalue weighted by atomic mass is 19.1. The lowest BCUT2D eigenvalue weighted by molar-refractivity contribution is -0.115. The first-order chi connectivity index (χ1) is 6.13. The number of rotatable bonds is 2. The van der Waals surface area contributed by atoms with Gasteiger partial charge < -0.3 is 11.1 Å². The number of benzene rings is 1. The van der Waals surface area contributed by atoms with Crippen LogP contribution in [0.5, 0.6) is 0 Å². The van der Waals surface area contributed by atoms with E-state index in [-0.39, 0.29) is 11.6 Å². The Hall–Kier alpha value is -1.58. The molecular weight excluding hydrogens is 171 g/mol. The first-order valence-electron chi connectivity index (χ1n) is 3.98. The highest BCUT2D eigenvalue weighted by Gasteiger charge is 2.04. The molecule has 0 fully saturated rings. The zero-order valence-electron chi connectivity index (χ0n) is 7.30. The van der Waals surface area contributed by atoms with Gasteiger partial charge in [0.25, 0.3) is 0 Å². The van der Waals surface area contributed by atoms with Crippen molar-refractivity contribution in [2.75, 3.05) is 11.1 Å². The molecule has 0 saturated heterocycles. The Morgan fingerprint density at radius 1 is 1.62 bits per heavy atom. The molecule has 0 radical (unpaired) electrons. The van der Waals surface area contributed by atoms with Crippen LogP contribution in [0.2, 0.25) is 0 Å². The van der Waals surface area contributed by atoms with Gasteiger partial charge in [-0.3, -0.25) is 4.79 Å². The summed E-state index contributed by atoms with van der Waals surface area (Å²) in [6.07, 6.45) is 0.323. The second-order valence-corrected chi connectivity index (χ2v) is 2.64. The van der Waals surface area contributed by atoms with Crippen LogP contribution in [-0.4, -0.2) is 5.91 Å². The summed E-state index contributed by atoms with van der Waals surface area (Å²) in [6.45, 7) is 1.70. The summed E-state index contributed by atoms with van der Waals surface area (Å²) in [5, 5.41) is 2.42. The van der Waals surface area contributed by atoms with Crippen molar-refractivity contribution in [3.8, 4) is 0 Å². The lowest BCUT2D eigenvalue weighted by Crippen LogP contribution is -2.10. The molecule has 0 saturated carbocycles. The van der Waals surface area contributed by atoms with Crippen molar-refractivity contribution in [2.24, 2.45) is 0 Å². The molecule has 1 rings (SSSR count). The van der Waals surface area contributed by atoms with Crippen molar-refractivity contribution in [1.82, 2.24) is 0 Å². The number of halogens is 1. The lowest BCUT2D eigenvalue weighted by atomic mass is 10.2. The van der Waals surface area contributed by atoms with E-state index >= 15 is 0 Å².